The molecule has 0 aromatic carbocycles. The summed E-state index contributed by atoms with van der Waals surface area (Å²) >= 11 is 1.09. The van der Waals surface area contributed by atoms with E-state index in [1.807, 2.05) is 0 Å². The van der Waals surface area contributed by atoms with Gasteiger partial charge in [0.15, 0.2) is 0 Å². The highest BCUT2D eigenvalue weighted by molar-refractivity contribution is 7.18. The first-order chi connectivity index (χ1) is 10.5. The number of nitrogens with two attached hydrogens (primary N) is 1. The van der Waals surface area contributed by atoms with Crippen molar-refractivity contribution in [2.75, 3.05) is 26.1 Å². The minimum Gasteiger partial charge on any atom is -0.459 e. The number of nitrogens with one attached hydrogen (secondary N) is 1. The van der Waals surface area contributed by atoms with Crippen molar-refractivity contribution in [3.63, 3.8) is 0 Å². The van der Waals surface area contributed by atoms with Crippen LogP contribution in [0.15, 0.2) is 0 Å². The number of rotatable bonds is 6. The zero-order chi connectivity index (χ0) is 16.1. The molecule has 0 radical (unpaired) electrons. The molecule has 7 heteroatoms. The number of carbonyl (C=O) groups excluding carboxylic acids is 2. The number of nitrogen functional groups attached to an aromatic ring is 1. The summed E-state index contributed by atoms with van der Waals surface area (Å²) in [5.41, 5.74) is 6.92. The standard InChI is InChI=1S/C15H22N2O4S/c1-9-11(14(18)17-10-5-3-4-6-10)13(16)22-12(9)15(19)21-8-7-20-2/h10H,3-8,16H2,1-2H3,(H,17,18). The predicted molar refractivity (Wildman–Crippen MR) is 85.3 cm³/mol. The quantitative estimate of drug-likeness (QED) is 0.617. The van der Waals surface area contributed by atoms with Crippen LogP contribution >= 0.6 is 11.3 Å². The first kappa shape index (κ1) is 16.8. The number of esters is 1. The fourth-order valence-electron chi connectivity index (χ4n) is 2.62. The fourth-order valence-corrected chi connectivity index (χ4v) is 3.59. The second-order valence-electron chi connectivity index (χ2n) is 5.38. The molecule has 1 aliphatic rings. The molecule has 1 aromatic rings. The first-order valence-electron chi connectivity index (χ1n) is 7.40. The Morgan fingerprint density at radius 2 is 2.00 bits per heavy atom. The summed E-state index contributed by atoms with van der Waals surface area (Å²) < 4.78 is 9.93. The summed E-state index contributed by atoms with van der Waals surface area (Å²) in [7, 11) is 1.54. The molecule has 0 atom stereocenters. The monoisotopic (exact) mass is 326 g/mol. The van der Waals surface area contributed by atoms with Gasteiger partial charge < -0.3 is 20.5 Å². The van der Waals surface area contributed by atoms with Gasteiger partial charge in [-0.3, -0.25) is 4.79 Å². The summed E-state index contributed by atoms with van der Waals surface area (Å²) in [6.07, 6.45) is 4.28. The maximum absolute atomic E-state index is 12.4. The topological polar surface area (TPSA) is 90.7 Å². The minimum atomic E-state index is -0.467. The zero-order valence-electron chi connectivity index (χ0n) is 12.9. The van der Waals surface area contributed by atoms with E-state index in [-0.39, 0.29) is 18.6 Å². The fraction of sp³-hybridized carbons (Fsp3) is 0.600. The first-order valence-corrected chi connectivity index (χ1v) is 8.22. The molecular formula is C15H22N2O4S. The van der Waals surface area contributed by atoms with Crippen LogP contribution in [0.1, 0.15) is 51.3 Å². The number of methoxy groups -OCH3 is 1. The summed E-state index contributed by atoms with van der Waals surface area (Å²) in [5.74, 6) is -0.666. The second kappa shape index (κ2) is 7.60. The van der Waals surface area contributed by atoms with E-state index < -0.39 is 5.97 Å². The smallest absolute Gasteiger partial charge is 0.348 e. The Kier molecular flexibility index (Phi) is 5.79. The van der Waals surface area contributed by atoms with Crippen LogP contribution in [-0.4, -0.2) is 38.2 Å². The van der Waals surface area contributed by atoms with E-state index in [1.165, 1.54) is 7.11 Å². The van der Waals surface area contributed by atoms with Crippen molar-refractivity contribution in [3.8, 4) is 0 Å². The van der Waals surface area contributed by atoms with Gasteiger partial charge in [-0.2, -0.15) is 0 Å². The molecule has 1 amide bonds. The van der Waals surface area contributed by atoms with Gasteiger partial charge in [0.05, 0.1) is 17.2 Å². The molecule has 3 N–H and O–H groups in total. The van der Waals surface area contributed by atoms with E-state index in [2.05, 4.69) is 5.32 Å². The molecule has 1 aromatic heterocycles. The summed E-state index contributed by atoms with van der Waals surface area (Å²) in [6, 6.07) is 0.211. The van der Waals surface area contributed by atoms with Gasteiger partial charge in [0.25, 0.3) is 5.91 Å². The number of carbonyl (C=O) groups is 2. The lowest BCUT2D eigenvalue weighted by atomic mass is 10.1. The second-order valence-corrected chi connectivity index (χ2v) is 6.43. The van der Waals surface area contributed by atoms with Crippen LogP contribution in [0.4, 0.5) is 5.00 Å². The maximum atomic E-state index is 12.4. The molecule has 1 saturated carbocycles. The average Bonchev–Trinajstić information content (AvgIpc) is 3.07. The normalized spacial score (nSPS) is 15.0. The number of hydrogen-bond donors (Lipinski definition) is 2. The third kappa shape index (κ3) is 3.78. The van der Waals surface area contributed by atoms with Crippen LogP contribution < -0.4 is 11.1 Å². The van der Waals surface area contributed by atoms with Gasteiger partial charge >= 0.3 is 5.97 Å². The molecule has 0 spiro atoms. The number of hydrogen-bond acceptors (Lipinski definition) is 6. The molecule has 22 heavy (non-hydrogen) atoms. The van der Waals surface area contributed by atoms with E-state index in [1.54, 1.807) is 6.92 Å². The Morgan fingerprint density at radius 3 is 2.64 bits per heavy atom. The number of amides is 1. The van der Waals surface area contributed by atoms with Crippen molar-refractivity contribution in [1.82, 2.24) is 5.32 Å². The van der Waals surface area contributed by atoms with Crippen LogP contribution in [0.2, 0.25) is 0 Å². The van der Waals surface area contributed by atoms with Crippen molar-refractivity contribution in [1.29, 1.82) is 0 Å². The number of anilines is 1. The molecule has 0 aliphatic heterocycles. The molecule has 1 fully saturated rings. The Bertz CT molecular complexity index is 550. The van der Waals surface area contributed by atoms with Crippen molar-refractivity contribution >= 4 is 28.2 Å². The van der Waals surface area contributed by atoms with Crippen LogP contribution in [-0.2, 0) is 9.47 Å². The third-order valence-corrected chi connectivity index (χ3v) is 4.90. The zero-order valence-corrected chi connectivity index (χ0v) is 13.8. The Morgan fingerprint density at radius 1 is 1.32 bits per heavy atom. The largest absolute Gasteiger partial charge is 0.459 e. The lowest BCUT2D eigenvalue weighted by Gasteiger charge is -2.12. The van der Waals surface area contributed by atoms with Gasteiger partial charge in [-0.15, -0.1) is 11.3 Å². The maximum Gasteiger partial charge on any atom is 0.348 e. The Balaban J connectivity index is 2.08. The van der Waals surface area contributed by atoms with Crippen LogP contribution in [0.25, 0.3) is 0 Å². The van der Waals surface area contributed by atoms with Gasteiger partial charge in [0, 0.05) is 13.2 Å². The molecule has 2 rings (SSSR count). The van der Waals surface area contributed by atoms with E-state index in [4.69, 9.17) is 15.2 Å². The lowest BCUT2D eigenvalue weighted by molar-refractivity contribution is 0.0393. The molecule has 0 saturated heterocycles. The SMILES string of the molecule is COCCOC(=O)c1sc(N)c(C(=O)NC2CCCC2)c1C. The van der Waals surface area contributed by atoms with Crippen molar-refractivity contribution < 1.29 is 19.1 Å². The van der Waals surface area contributed by atoms with Gasteiger partial charge in [0.2, 0.25) is 0 Å². The van der Waals surface area contributed by atoms with E-state index in [0.717, 1.165) is 37.0 Å². The van der Waals surface area contributed by atoms with Crippen LogP contribution in [0, 0.1) is 6.92 Å². The third-order valence-electron chi connectivity index (χ3n) is 3.80. The van der Waals surface area contributed by atoms with E-state index in [0.29, 0.717) is 27.6 Å². The molecule has 6 nitrogen and oxygen atoms in total. The molecule has 1 heterocycles. The molecule has 122 valence electrons. The molecule has 0 unspecified atom stereocenters. The van der Waals surface area contributed by atoms with Gasteiger partial charge in [0.1, 0.15) is 11.5 Å². The van der Waals surface area contributed by atoms with Crippen molar-refractivity contribution in [2.24, 2.45) is 0 Å². The highest BCUT2D eigenvalue weighted by atomic mass is 32.1. The van der Waals surface area contributed by atoms with Crippen LogP contribution in [0.3, 0.4) is 0 Å². The minimum absolute atomic E-state index is 0.177. The number of thiophene rings is 1. The summed E-state index contributed by atoms with van der Waals surface area (Å²) in [4.78, 5) is 24.8. The highest BCUT2D eigenvalue weighted by Crippen LogP contribution is 2.31. The van der Waals surface area contributed by atoms with E-state index >= 15 is 0 Å². The van der Waals surface area contributed by atoms with Crippen LogP contribution in [0.5, 0.6) is 0 Å². The molecular weight excluding hydrogens is 304 g/mol. The van der Waals surface area contributed by atoms with E-state index in [9.17, 15) is 9.59 Å². The Labute approximate surface area is 134 Å². The van der Waals surface area contributed by atoms with Crippen molar-refractivity contribution in [2.45, 2.75) is 38.6 Å². The van der Waals surface area contributed by atoms with Gasteiger partial charge in [-0.05, 0) is 25.3 Å². The Hall–Kier alpha value is -1.60. The predicted octanol–water partition coefficient (Wildman–Crippen LogP) is 2.11. The highest BCUT2D eigenvalue weighted by Gasteiger charge is 2.26. The van der Waals surface area contributed by atoms with Crippen molar-refractivity contribution in [3.05, 3.63) is 16.0 Å². The van der Waals surface area contributed by atoms with Gasteiger partial charge in [-0.25, -0.2) is 4.79 Å². The average molecular weight is 326 g/mol. The number of ether oxygens (including phenoxy) is 2. The molecule has 0 bridgehead atoms. The lowest BCUT2D eigenvalue weighted by Crippen LogP contribution is -2.33. The summed E-state index contributed by atoms with van der Waals surface area (Å²) in [6.45, 7) is 2.24. The molecule has 1 aliphatic carbocycles. The van der Waals surface area contributed by atoms with Gasteiger partial charge in [-0.1, -0.05) is 12.8 Å². The summed E-state index contributed by atoms with van der Waals surface area (Å²) in [5, 5.41) is 3.35.